The molecule has 0 radical (unpaired) electrons. The number of nitrogens with two attached hydrogens (primary N) is 1. The van der Waals surface area contributed by atoms with E-state index in [9.17, 15) is 19.5 Å². The summed E-state index contributed by atoms with van der Waals surface area (Å²) in [5.74, 6) is -1.11. The van der Waals surface area contributed by atoms with Crippen LogP contribution in [0.15, 0.2) is 0 Å². The van der Waals surface area contributed by atoms with Crippen molar-refractivity contribution < 1.29 is 24.2 Å². The van der Waals surface area contributed by atoms with E-state index in [2.05, 4.69) is 5.32 Å². The van der Waals surface area contributed by atoms with E-state index in [4.69, 9.17) is 10.5 Å². The molecule has 7 nitrogen and oxygen atoms in total. The van der Waals surface area contributed by atoms with Crippen LogP contribution in [0.2, 0.25) is 0 Å². The van der Waals surface area contributed by atoms with Crippen LogP contribution in [0.4, 0.5) is 4.79 Å². The third kappa shape index (κ3) is 3.96. The molecule has 2 aliphatic heterocycles. The summed E-state index contributed by atoms with van der Waals surface area (Å²) in [5, 5.41) is 12.6. The van der Waals surface area contributed by atoms with Gasteiger partial charge < -0.3 is 20.9 Å². The van der Waals surface area contributed by atoms with Gasteiger partial charge in [-0.05, 0) is 19.3 Å². The number of carboxylic acid groups (broad SMARTS) is 1. The van der Waals surface area contributed by atoms with Crippen LogP contribution in [0.3, 0.4) is 0 Å². The normalized spacial score (nSPS) is 29.6. The minimum atomic E-state index is -0.838. The van der Waals surface area contributed by atoms with Gasteiger partial charge in [0.2, 0.25) is 5.91 Å². The first-order chi connectivity index (χ1) is 11.4. The molecule has 1 unspecified atom stereocenters. The van der Waals surface area contributed by atoms with E-state index in [0.717, 1.165) is 12.8 Å². The summed E-state index contributed by atoms with van der Waals surface area (Å²) in [6.07, 6.45) is 3.60. The minimum Gasteiger partial charge on any atom is -0.481 e. The number of thioether (sulfide) groups is 1. The second-order valence-corrected chi connectivity index (χ2v) is 7.93. The summed E-state index contributed by atoms with van der Waals surface area (Å²) < 4.78 is 4.83. The van der Waals surface area contributed by atoms with Gasteiger partial charge in [0.05, 0.1) is 16.7 Å². The zero-order valence-electron chi connectivity index (χ0n) is 14.0. The molecule has 8 heteroatoms. The highest BCUT2D eigenvalue weighted by Crippen LogP contribution is 2.52. The number of fused-ring (bicyclic) bond motifs is 1. The molecule has 0 saturated carbocycles. The number of aliphatic carboxylic acids is 1. The summed E-state index contributed by atoms with van der Waals surface area (Å²) in [7, 11) is 0. The molecular formula is C16H26N2O5S. The van der Waals surface area contributed by atoms with Gasteiger partial charge in [-0.2, -0.15) is 0 Å². The Morgan fingerprint density at radius 3 is 2.83 bits per heavy atom. The Hall–Kier alpha value is -1.44. The number of carbonyl (C=O) groups excluding carboxylic acids is 2. The van der Waals surface area contributed by atoms with E-state index in [-0.39, 0.29) is 11.9 Å². The van der Waals surface area contributed by atoms with Gasteiger partial charge >= 0.3 is 12.1 Å². The largest absolute Gasteiger partial charge is 0.481 e. The van der Waals surface area contributed by atoms with Gasteiger partial charge in [0.15, 0.2) is 0 Å². The number of amides is 2. The SMILES string of the molecule is CCCCC(C(=O)O)[C@]1(CCCCC(N)=O)SC[C@@H]2NC(=O)O[C@@H]21. The van der Waals surface area contributed by atoms with Crippen LogP contribution in [0.5, 0.6) is 0 Å². The monoisotopic (exact) mass is 358 g/mol. The lowest BCUT2D eigenvalue weighted by Crippen LogP contribution is -2.49. The molecule has 2 saturated heterocycles. The smallest absolute Gasteiger partial charge is 0.407 e. The number of primary amides is 1. The van der Waals surface area contributed by atoms with Crippen molar-refractivity contribution in [1.82, 2.24) is 5.32 Å². The summed E-state index contributed by atoms with van der Waals surface area (Å²) in [4.78, 5) is 34.5. The number of nitrogens with one attached hydrogen (secondary N) is 1. The number of carbonyl (C=O) groups is 3. The maximum Gasteiger partial charge on any atom is 0.407 e. The number of hydrogen-bond donors (Lipinski definition) is 3. The molecule has 2 heterocycles. The second kappa shape index (κ2) is 8.09. The average Bonchev–Trinajstić information content (AvgIpc) is 3.03. The number of hydrogen-bond acceptors (Lipinski definition) is 5. The van der Waals surface area contributed by atoms with Crippen LogP contribution in [-0.4, -0.2) is 45.7 Å². The van der Waals surface area contributed by atoms with Crippen molar-refractivity contribution in [1.29, 1.82) is 0 Å². The fourth-order valence-electron chi connectivity index (χ4n) is 3.73. The number of carboxylic acids is 1. The minimum absolute atomic E-state index is 0.137. The number of unbranched alkanes of at least 4 members (excludes halogenated alkanes) is 2. The van der Waals surface area contributed by atoms with Crippen molar-refractivity contribution in [2.45, 2.75) is 68.8 Å². The van der Waals surface area contributed by atoms with Gasteiger partial charge in [0.1, 0.15) is 6.10 Å². The molecule has 0 spiro atoms. The molecule has 0 aromatic rings. The van der Waals surface area contributed by atoms with E-state index in [1.54, 1.807) is 11.8 Å². The Balaban J connectivity index is 2.18. The van der Waals surface area contributed by atoms with Crippen LogP contribution in [0, 0.1) is 5.92 Å². The first-order valence-electron chi connectivity index (χ1n) is 8.53. The number of alkyl carbamates (subject to hydrolysis) is 1. The molecule has 2 rings (SSSR count). The van der Waals surface area contributed by atoms with Crippen LogP contribution in [0.25, 0.3) is 0 Å². The molecular weight excluding hydrogens is 332 g/mol. The molecule has 2 amide bonds. The molecule has 0 aliphatic carbocycles. The predicted octanol–water partition coefficient (Wildman–Crippen LogP) is 1.89. The lowest BCUT2D eigenvalue weighted by Gasteiger charge is -2.38. The molecule has 136 valence electrons. The maximum atomic E-state index is 12.0. The van der Waals surface area contributed by atoms with Crippen LogP contribution in [0.1, 0.15) is 51.9 Å². The third-order valence-corrected chi connectivity index (χ3v) is 6.68. The highest BCUT2D eigenvalue weighted by molar-refractivity contribution is 8.01. The summed E-state index contributed by atoms with van der Waals surface area (Å²) in [6, 6.07) is -0.137. The van der Waals surface area contributed by atoms with Gasteiger partial charge in [-0.25, -0.2) is 4.79 Å². The van der Waals surface area contributed by atoms with E-state index in [1.807, 2.05) is 6.92 Å². The van der Waals surface area contributed by atoms with Gasteiger partial charge in [0.25, 0.3) is 0 Å². The van der Waals surface area contributed by atoms with Gasteiger partial charge in [0, 0.05) is 12.2 Å². The molecule has 24 heavy (non-hydrogen) atoms. The molecule has 0 aromatic heterocycles. The van der Waals surface area contributed by atoms with Crippen molar-refractivity contribution >= 4 is 29.7 Å². The first kappa shape index (κ1) is 18.9. The summed E-state index contributed by atoms with van der Waals surface area (Å²) >= 11 is 1.59. The molecule has 2 aliphatic rings. The van der Waals surface area contributed by atoms with Crippen molar-refractivity contribution in [3.63, 3.8) is 0 Å². The standard InChI is InChI=1S/C16H26N2O5S/c1-2-3-6-10(14(20)21)16(8-5-4-7-12(17)19)13-11(9-24-16)18-15(22)23-13/h10-11,13H,2-9H2,1H3,(H2,17,19)(H,18,22)(H,20,21)/t10?,11-,13-,16-/m0/s1. The predicted molar refractivity (Wildman–Crippen MR) is 90.7 cm³/mol. The van der Waals surface area contributed by atoms with Crippen LogP contribution in [-0.2, 0) is 14.3 Å². The lowest BCUT2D eigenvalue weighted by molar-refractivity contribution is -0.144. The highest BCUT2D eigenvalue weighted by Gasteiger charge is 2.60. The summed E-state index contributed by atoms with van der Waals surface area (Å²) in [5.41, 5.74) is 5.18. The molecule has 0 aromatic carbocycles. The van der Waals surface area contributed by atoms with Crippen molar-refractivity contribution in [2.75, 3.05) is 5.75 Å². The van der Waals surface area contributed by atoms with Crippen LogP contribution < -0.4 is 11.1 Å². The Bertz CT molecular complexity index is 501. The van der Waals surface area contributed by atoms with Crippen molar-refractivity contribution in [3.8, 4) is 0 Å². The lowest BCUT2D eigenvalue weighted by atomic mass is 9.78. The zero-order valence-corrected chi connectivity index (χ0v) is 14.8. The maximum absolute atomic E-state index is 12.0. The Morgan fingerprint density at radius 1 is 1.46 bits per heavy atom. The summed E-state index contributed by atoms with van der Waals surface area (Å²) in [6.45, 7) is 2.03. The Morgan fingerprint density at radius 2 is 2.21 bits per heavy atom. The van der Waals surface area contributed by atoms with Gasteiger partial charge in [-0.1, -0.05) is 26.2 Å². The first-order valence-corrected chi connectivity index (χ1v) is 9.51. The second-order valence-electron chi connectivity index (χ2n) is 6.55. The van der Waals surface area contributed by atoms with E-state index < -0.39 is 28.8 Å². The zero-order chi connectivity index (χ0) is 17.7. The van der Waals surface area contributed by atoms with E-state index >= 15 is 0 Å². The topological polar surface area (TPSA) is 119 Å². The van der Waals surface area contributed by atoms with Crippen molar-refractivity contribution in [2.24, 2.45) is 11.7 Å². The number of rotatable bonds is 10. The molecule has 4 N–H and O–H groups in total. The quantitative estimate of drug-likeness (QED) is 0.513. The fourth-order valence-corrected chi connectivity index (χ4v) is 5.56. The third-order valence-electron chi connectivity index (χ3n) is 4.89. The van der Waals surface area contributed by atoms with Crippen LogP contribution >= 0.6 is 11.8 Å². The highest BCUT2D eigenvalue weighted by atomic mass is 32.2. The molecule has 4 atom stereocenters. The van der Waals surface area contributed by atoms with Crippen molar-refractivity contribution in [3.05, 3.63) is 0 Å². The fraction of sp³-hybridized carbons (Fsp3) is 0.812. The Labute approximate surface area is 146 Å². The molecule has 0 bridgehead atoms. The van der Waals surface area contributed by atoms with E-state index in [1.165, 1.54) is 0 Å². The van der Waals surface area contributed by atoms with Gasteiger partial charge in [-0.15, -0.1) is 11.8 Å². The van der Waals surface area contributed by atoms with E-state index in [0.29, 0.717) is 37.9 Å². The van der Waals surface area contributed by atoms with Gasteiger partial charge in [-0.3, -0.25) is 9.59 Å². The number of ether oxygens (including phenoxy) is 1. The Kier molecular flexibility index (Phi) is 6.37. The average molecular weight is 358 g/mol. The molecule has 2 fully saturated rings.